The van der Waals surface area contributed by atoms with Gasteiger partial charge in [0.15, 0.2) is 5.60 Å². The molecule has 5 heteroatoms. The van der Waals surface area contributed by atoms with E-state index in [4.69, 9.17) is 14.6 Å². The number of carboxylic acids is 1. The first-order valence-corrected chi connectivity index (χ1v) is 5.41. The molecule has 17 heavy (non-hydrogen) atoms. The van der Waals surface area contributed by atoms with Crippen LogP contribution in [0.25, 0.3) is 0 Å². The van der Waals surface area contributed by atoms with Gasteiger partial charge in [-0.1, -0.05) is 18.2 Å². The molecule has 0 aliphatic carbocycles. The third-order valence-corrected chi connectivity index (χ3v) is 2.82. The van der Waals surface area contributed by atoms with E-state index in [-0.39, 0.29) is 26.2 Å². The summed E-state index contributed by atoms with van der Waals surface area (Å²) in [5, 5.41) is 18.2. The fraction of sp³-hybridized carbons (Fsp3) is 0.417. The number of para-hydroxylation sites is 1. The number of ether oxygens (including phenoxy) is 2. The summed E-state index contributed by atoms with van der Waals surface area (Å²) in [7, 11) is 0. The van der Waals surface area contributed by atoms with Gasteiger partial charge in [-0.25, -0.2) is 4.79 Å². The zero-order valence-electron chi connectivity index (χ0n) is 9.26. The molecule has 1 aromatic carbocycles. The number of aliphatic hydroxyl groups excluding tert-OH is 1. The third-order valence-electron chi connectivity index (χ3n) is 2.82. The highest BCUT2D eigenvalue weighted by Crippen LogP contribution is 2.39. The molecule has 5 nitrogen and oxygen atoms in total. The molecular formula is C12H14O5. The molecule has 2 N–H and O–H groups in total. The van der Waals surface area contributed by atoms with Crippen LogP contribution in [0.3, 0.4) is 0 Å². The topological polar surface area (TPSA) is 76.0 Å². The number of carboxylic acid groups (broad SMARTS) is 1. The molecule has 0 saturated heterocycles. The van der Waals surface area contributed by atoms with Gasteiger partial charge in [0.25, 0.3) is 0 Å². The van der Waals surface area contributed by atoms with Gasteiger partial charge in [-0.15, -0.1) is 0 Å². The number of carbonyl (C=O) groups is 1. The van der Waals surface area contributed by atoms with Crippen molar-refractivity contribution in [1.82, 2.24) is 0 Å². The normalized spacial score (nSPS) is 22.6. The molecule has 1 aliphatic heterocycles. The van der Waals surface area contributed by atoms with Crippen LogP contribution in [0.1, 0.15) is 12.0 Å². The van der Waals surface area contributed by atoms with Crippen LogP contribution in [0, 0.1) is 0 Å². The Morgan fingerprint density at radius 1 is 1.47 bits per heavy atom. The van der Waals surface area contributed by atoms with Gasteiger partial charge in [-0.05, 0) is 6.07 Å². The van der Waals surface area contributed by atoms with Gasteiger partial charge >= 0.3 is 5.97 Å². The Balaban J connectivity index is 2.43. The molecule has 2 rings (SSSR count). The number of aliphatic carboxylic acids is 1. The smallest absolute Gasteiger partial charge is 0.340 e. The summed E-state index contributed by atoms with van der Waals surface area (Å²) in [6.07, 6.45) is 0.235. The van der Waals surface area contributed by atoms with E-state index < -0.39 is 11.6 Å². The van der Waals surface area contributed by atoms with E-state index >= 15 is 0 Å². The second-order valence-electron chi connectivity index (χ2n) is 3.80. The number of benzene rings is 1. The molecule has 1 aliphatic rings. The maximum Gasteiger partial charge on any atom is 0.340 e. The maximum atomic E-state index is 11.5. The summed E-state index contributed by atoms with van der Waals surface area (Å²) in [6.45, 7) is 0.0629. The molecule has 0 amide bonds. The molecular weight excluding hydrogens is 224 g/mol. The minimum absolute atomic E-state index is 0.0133. The first kappa shape index (κ1) is 11.9. The summed E-state index contributed by atoms with van der Waals surface area (Å²) < 4.78 is 10.8. The van der Waals surface area contributed by atoms with Gasteiger partial charge in [0.2, 0.25) is 0 Å². The number of hydrogen-bond acceptors (Lipinski definition) is 4. The van der Waals surface area contributed by atoms with Gasteiger partial charge in [0, 0.05) is 12.0 Å². The minimum Gasteiger partial charge on any atom is -0.493 e. The molecule has 0 bridgehead atoms. The van der Waals surface area contributed by atoms with Gasteiger partial charge in [0.05, 0.1) is 19.8 Å². The van der Waals surface area contributed by atoms with E-state index in [1.807, 2.05) is 0 Å². The molecule has 1 aromatic rings. The van der Waals surface area contributed by atoms with Crippen molar-refractivity contribution in [2.45, 2.75) is 12.0 Å². The van der Waals surface area contributed by atoms with Crippen LogP contribution < -0.4 is 4.74 Å². The highest BCUT2D eigenvalue weighted by Gasteiger charge is 2.45. The van der Waals surface area contributed by atoms with Crippen LogP contribution in [0.5, 0.6) is 5.75 Å². The summed E-state index contributed by atoms with van der Waals surface area (Å²) in [6, 6.07) is 6.92. The van der Waals surface area contributed by atoms with Crippen molar-refractivity contribution in [1.29, 1.82) is 0 Å². The fourth-order valence-electron chi connectivity index (χ4n) is 2.02. The molecule has 92 valence electrons. The zero-order valence-corrected chi connectivity index (χ0v) is 9.26. The van der Waals surface area contributed by atoms with Crippen molar-refractivity contribution in [3.8, 4) is 5.75 Å². The average molecular weight is 238 g/mol. The van der Waals surface area contributed by atoms with Crippen LogP contribution in [-0.2, 0) is 15.1 Å². The Morgan fingerprint density at radius 2 is 2.24 bits per heavy atom. The lowest BCUT2D eigenvalue weighted by Crippen LogP contribution is -2.43. The van der Waals surface area contributed by atoms with Gasteiger partial charge in [-0.2, -0.15) is 0 Å². The quantitative estimate of drug-likeness (QED) is 0.809. The first-order valence-electron chi connectivity index (χ1n) is 5.41. The highest BCUT2D eigenvalue weighted by molar-refractivity contribution is 5.81. The minimum atomic E-state index is -1.41. The zero-order chi connectivity index (χ0) is 12.3. The monoisotopic (exact) mass is 238 g/mol. The predicted molar refractivity (Wildman–Crippen MR) is 58.9 cm³/mol. The van der Waals surface area contributed by atoms with Gasteiger partial charge in [-0.3, -0.25) is 0 Å². The van der Waals surface area contributed by atoms with Crippen LogP contribution in [0.2, 0.25) is 0 Å². The lowest BCUT2D eigenvalue weighted by Gasteiger charge is -2.34. The largest absolute Gasteiger partial charge is 0.493 e. The lowest BCUT2D eigenvalue weighted by molar-refractivity contribution is -0.173. The van der Waals surface area contributed by atoms with Crippen molar-refractivity contribution in [2.75, 3.05) is 19.8 Å². The van der Waals surface area contributed by atoms with Crippen molar-refractivity contribution in [2.24, 2.45) is 0 Å². The molecule has 1 heterocycles. The number of fused-ring (bicyclic) bond motifs is 1. The van der Waals surface area contributed by atoms with Crippen LogP contribution in [0.4, 0.5) is 0 Å². The fourth-order valence-corrected chi connectivity index (χ4v) is 2.02. The highest BCUT2D eigenvalue weighted by atomic mass is 16.5. The average Bonchev–Trinajstić information content (AvgIpc) is 2.36. The maximum absolute atomic E-state index is 11.5. The molecule has 1 unspecified atom stereocenters. The van der Waals surface area contributed by atoms with E-state index in [0.717, 1.165) is 0 Å². The van der Waals surface area contributed by atoms with Gasteiger partial charge < -0.3 is 19.7 Å². The molecule has 0 aromatic heterocycles. The summed E-state index contributed by atoms with van der Waals surface area (Å²) in [4.78, 5) is 11.5. The number of hydrogen-bond donors (Lipinski definition) is 2. The van der Waals surface area contributed by atoms with E-state index in [1.54, 1.807) is 24.3 Å². The van der Waals surface area contributed by atoms with Crippen molar-refractivity contribution >= 4 is 5.97 Å². The van der Waals surface area contributed by atoms with E-state index in [2.05, 4.69) is 0 Å². The number of aliphatic hydroxyl groups is 1. The predicted octanol–water partition coefficient (Wildman–Crippen LogP) is 0.758. The van der Waals surface area contributed by atoms with E-state index in [9.17, 15) is 9.90 Å². The second-order valence-corrected chi connectivity index (χ2v) is 3.80. The summed E-state index contributed by atoms with van der Waals surface area (Å²) >= 11 is 0. The Morgan fingerprint density at radius 3 is 2.94 bits per heavy atom. The van der Waals surface area contributed by atoms with Crippen molar-refractivity contribution in [3.05, 3.63) is 29.8 Å². The SMILES string of the molecule is O=C(O)C1(OCCO)CCOc2ccccc21. The summed E-state index contributed by atoms with van der Waals surface area (Å²) in [5.41, 5.74) is -0.899. The Bertz CT molecular complexity index is 417. The molecule has 0 spiro atoms. The first-order chi connectivity index (χ1) is 8.20. The van der Waals surface area contributed by atoms with Crippen LogP contribution >= 0.6 is 0 Å². The molecule has 1 atom stereocenters. The summed E-state index contributed by atoms with van der Waals surface area (Å²) in [5.74, 6) is -0.527. The third kappa shape index (κ3) is 1.99. The van der Waals surface area contributed by atoms with Crippen LogP contribution in [0.15, 0.2) is 24.3 Å². The lowest BCUT2D eigenvalue weighted by atomic mass is 9.88. The van der Waals surface area contributed by atoms with Crippen LogP contribution in [-0.4, -0.2) is 36.0 Å². The number of rotatable bonds is 4. The van der Waals surface area contributed by atoms with E-state index in [0.29, 0.717) is 11.3 Å². The Labute approximate surface area is 98.6 Å². The van der Waals surface area contributed by atoms with Gasteiger partial charge in [0.1, 0.15) is 5.75 Å². The molecule has 0 saturated carbocycles. The van der Waals surface area contributed by atoms with E-state index in [1.165, 1.54) is 0 Å². The standard InChI is InChI=1S/C12H14O5/c13-6-8-17-12(11(14)15)5-7-16-10-4-2-1-3-9(10)12/h1-4,13H,5-8H2,(H,14,15). The molecule has 0 radical (unpaired) electrons. The molecule has 0 fully saturated rings. The van der Waals surface area contributed by atoms with Crippen molar-refractivity contribution < 1.29 is 24.5 Å². The Hall–Kier alpha value is -1.59. The van der Waals surface area contributed by atoms with Crippen molar-refractivity contribution in [3.63, 3.8) is 0 Å². The second kappa shape index (κ2) is 4.73. The Kier molecular flexibility index (Phi) is 3.31.